The van der Waals surface area contributed by atoms with Crippen LogP contribution in [0.1, 0.15) is 20.8 Å². The van der Waals surface area contributed by atoms with Crippen LogP contribution in [0.2, 0.25) is 10.0 Å². The monoisotopic (exact) mass is 335 g/mol. The molecule has 0 heterocycles. The summed E-state index contributed by atoms with van der Waals surface area (Å²) in [6.45, 7) is 5.25. The van der Waals surface area contributed by atoms with E-state index in [-0.39, 0.29) is 18.2 Å². The highest BCUT2D eigenvalue weighted by Gasteiger charge is 2.17. The fourth-order valence-electron chi connectivity index (χ4n) is 1.36. The summed E-state index contributed by atoms with van der Waals surface area (Å²) in [5, 5.41) is 12.9. The van der Waals surface area contributed by atoms with Gasteiger partial charge in [0.2, 0.25) is 0 Å². The van der Waals surface area contributed by atoms with Gasteiger partial charge in [-0.2, -0.15) is 0 Å². The van der Waals surface area contributed by atoms with E-state index in [0.29, 0.717) is 10.8 Å². The Morgan fingerprint density at radius 3 is 2.67 bits per heavy atom. The normalized spacial score (nSPS) is 12.7. The molecule has 0 aliphatic rings. The molecule has 0 bridgehead atoms. The van der Waals surface area contributed by atoms with Crippen molar-refractivity contribution in [3.63, 3.8) is 0 Å². The number of hydrogen-bond acceptors (Lipinski definition) is 4. The Bertz CT molecular complexity index is 488. The van der Waals surface area contributed by atoms with Gasteiger partial charge in [-0.15, -0.1) is 0 Å². The Labute approximate surface area is 134 Å². The average Bonchev–Trinajstić information content (AvgIpc) is 2.36. The van der Waals surface area contributed by atoms with E-state index < -0.39 is 17.8 Å². The fourth-order valence-corrected chi connectivity index (χ4v) is 1.70. The number of halogens is 2. The van der Waals surface area contributed by atoms with Gasteiger partial charge in [0.15, 0.2) is 0 Å². The SMILES string of the molecule is CC(C)(C)OC(=O)NCC(O)COc1cccc(Cl)c1Cl. The standard InChI is InChI=1S/C14H19Cl2NO4/c1-14(2,3)21-13(19)17-7-9(18)8-20-11-6-4-5-10(15)12(11)16/h4-6,9,18H,7-8H2,1-3H3,(H,17,19). The number of alkyl carbamates (subject to hydrolysis) is 1. The van der Waals surface area contributed by atoms with Crippen molar-refractivity contribution in [3.05, 3.63) is 28.2 Å². The topological polar surface area (TPSA) is 67.8 Å². The quantitative estimate of drug-likeness (QED) is 0.866. The van der Waals surface area contributed by atoms with Crippen LogP contribution in [-0.2, 0) is 4.74 Å². The molecule has 1 aromatic carbocycles. The Morgan fingerprint density at radius 1 is 1.38 bits per heavy atom. The summed E-state index contributed by atoms with van der Waals surface area (Å²) >= 11 is 11.8. The molecule has 0 aliphatic heterocycles. The van der Waals surface area contributed by atoms with Crippen molar-refractivity contribution in [1.29, 1.82) is 0 Å². The first-order chi connectivity index (χ1) is 9.69. The van der Waals surface area contributed by atoms with E-state index in [4.69, 9.17) is 32.7 Å². The Balaban J connectivity index is 2.36. The van der Waals surface area contributed by atoms with Crippen molar-refractivity contribution in [2.45, 2.75) is 32.5 Å². The number of aliphatic hydroxyl groups excluding tert-OH is 1. The van der Waals surface area contributed by atoms with Gasteiger partial charge in [-0.3, -0.25) is 0 Å². The van der Waals surface area contributed by atoms with Gasteiger partial charge < -0.3 is 19.9 Å². The molecule has 2 N–H and O–H groups in total. The maximum Gasteiger partial charge on any atom is 0.407 e. The molecule has 5 nitrogen and oxygen atoms in total. The number of hydrogen-bond donors (Lipinski definition) is 2. The molecule has 1 rings (SSSR count). The largest absolute Gasteiger partial charge is 0.489 e. The molecule has 0 fully saturated rings. The summed E-state index contributed by atoms with van der Waals surface area (Å²) in [6, 6.07) is 4.97. The Morgan fingerprint density at radius 2 is 2.05 bits per heavy atom. The lowest BCUT2D eigenvalue weighted by atomic mass is 10.2. The maximum absolute atomic E-state index is 11.4. The lowest BCUT2D eigenvalue weighted by Gasteiger charge is -2.20. The molecule has 0 saturated heterocycles. The summed E-state index contributed by atoms with van der Waals surface area (Å²) in [5.74, 6) is 0.375. The van der Waals surface area contributed by atoms with Crippen LogP contribution in [-0.4, -0.2) is 36.1 Å². The second-order valence-corrected chi connectivity index (χ2v) is 6.18. The van der Waals surface area contributed by atoms with Crippen molar-refractivity contribution in [3.8, 4) is 5.75 Å². The number of rotatable bonds is 5. The maximum atomic E-state index is 11.4. The molecule has 1 amide bonds. The number of carbonyl (C=O) groups is 1. The van der Waals surface area contributed by atoms with E-state index in [1.54, 1.807) is 39.0 Å². The molecule has 1 unspecified atom stereocenters. The van der Waals surface area contributed by atoms with Crippen molar-refractivity contribution < 1.29 is 19.4 Å². The predicted molar refractivity (Wildman–Crippen MR) is 82.2 cm³/mol. The fraction of sp³-hybridized carbons (Fsp3) is 0.500. The molecular weight excluding hydrogens is 317 g/mol. The van der Waals surface area contributed by atoms with Gasteiger partial charge in [-0.05, 0) is 32.9 Å². The van der Waals surface area contributed by atoms with Crippen LogP contribution in [0, 0.1) is 0 Å². The van der Waals surface area contributed by atoms with Crippen LogP contribution < -0.4 is 10.1 Å². The lowest BCUT2D eigenvalue weighted by molar-refractivity contribution is 0.0463. The van der Waals surface area contributed by atoms with E-state index >= 15 is 0 Å². The molecule has 7 heteroatoms. The summed E-state index contributed by atoms with van der Waals surface area (Å²) in [6.07, 6.45) is -1.49. The van der Waals surface area contributed by atoms with Gasteiger partial charge in [0.1, 0.15) is 29.1 Å². The average molecular weight is 336 g/mol. The van der Waals surface area contributed by atoms with Crippen LogP contribution in [0.4, 0.5) is 4.79 Å². The van der Waals surface area contributed by atoms with Crippen LogP contribution >= 0.6 is 23.2 Å². The van der Waals surface area contributed by atoms with Gasteiger partial charge in [-0.1, -0.05) is 29.3 Å². The number of benzene rings is 1. The molecule has 0 aromatic heterocycles. The van der Waals surface area contributed by atoms with Gasteiger partial charge in [0, 0.05) is 0 Å². The highest BCUT2D eigenvalue weighted by Crippen LogP contribution is 2.31. The van der Waals surface area contributed by atoms with E-state index in [1.165, 1.54) is 0 Å². The van der Waals surface area contributed by atoms with Gasteiger partial charge >= 0.3 is 6.09 Å². The first-order valence-corrected chi connectivity index (χ1v) is 7.16. The van der Waals surface area contributed by atoms with Crippen LogP contribution in [0.25, 0.3) is 0 Å². The number of aliphatic hydroxyl groups is 1. The van der Waals surface area contributed by atoms with Crippen LogP contribution in [0.15, 0.2) is 18.2 Å². The second-order valence-electron chi connectivity index (χ2n) is 5.40. The lowest BCUT2D eigenvalue weighted by Crippen LogP contribution is -2.38. The summed E-state index contributed by atoms with van der Waals surface area (Å²) in [7, 11) is 0. The summed E-state index contributed by atoms with van der Waals surface area (Å²) in [5.41, 5.74) is -0.583. The molecule has 0 radical (unpaired) electrons. The molecule has 0 saturated carbocycles. The molecular formula is C14H19Cl2NO4. The molecule has 21 heavy (non-hydrogen) atoms. The number of carbonyl (C=O) groups excluding carboxylic acids is 1. The summed E-state index contributed by atoms with van der Waals surface area (Å²) in [4.78, 5) is 11.4. The van der Waals surface area contributed by atoms with E-state index in [9.17, 15) is 9.90 Å². The molecule has 1 aromatic rings. The molecule has 118 valence electrons. The predicted octanol–water partition coefficient (Wildman–Crippen LogP) is 3.26. The first-order valence-electron chi connectivity index (χ1n) is 6.41. The van der Waals surface area contributed by atoms with Crippen molar-refractivity contribution in [1.82, 2.24) is 5.32 Å². The minimum absolute atomic E-state index is 0.00704. The van der Waals surface area contributed by atoms with Crippen molar-refractivity contribution in [2.75, 3.05) is 13.2 Å². The van der Waals surface area contributed by atoms with Crippen LogP contribution in [0.5, 0.6) is 5.75 Å². The van der Waals surface area contributed by atoms with Crippen molar-refractivity contribution in [2.24, 2.45) is 0 Å². The number of amides is 1. The first kappa shape index (κ1) is 17.9. The highest BCUT2D eigenvalue weighted by atomic mass is 35.5. The number of ether oxygens (including phenoxy) is 2. The zero-order valence-corrected chi connectivity index (χ0v) is 13.7. The van der Waals surface area contributed by atoms with Crippen LogP contribution in [0.3, 0.4) is 0 Å². The smallest absolute Gasteiger partial charge is 0.407 e. The van der Waals surface area contributed by atoms with E-state index in [2.05, 4.69) is 5.32 Å². The highest BCUT2D eigenvalue weighted by molar-refractivity contribution is 6.42. The Hall–Kier alpha value is -1.17. The minimum atomic E-state index is -0.896. The van der Waals surface area contributed by atoms with Gasteiger partial charge in [0.25, 0.3) is 0 Å². The third-order valence-corrected chi connectivity index (χ3v) is 3.03. The molecule has 1 atom stereocenters. The third kappa shape index (κ3) is 6.89. The van der Waals surface area contributed by atoms with Crippen molar-refractivity contribution >= 4 is 29.3 Å². The van der Waals surface area contributed by atoms with E-state index in [1.807, 2.05) is 0 Å². The second kappa shape index (κ2) is 7.73. The van der Waals surface area contributed by atoms with E-state index in [0.717, 1.165) is 0 Å². The zero-order valence-electron chi connectivity index (χ0n) is 12.2. The Kier molecular flexibility index (Phi) is 6.58. The minimum Gasteiger partial charge on any atom is -0.489 e. The number of nitrogens with one attached hydrogen (secondary N) is 1. The van der Waals surface area contributed by atoms with Gasteiger partial charge in [0.05, 0.1) is 11.6 Å². The summed E-state index contributed by atoms with van der Waals surface area (Å²) < 4.78 is 10.4. The molecule has 0 spiro atoms. The third-order valence-electron chi connectivity index (χ3n) is 2.23. The zero-order chi connectivity index (χ0) is 16.0. The van der Waals surface area contributed by atoms with Gasteiger partial charge in [-0.25, -0.2) is 4.79 Å². The molecule has 0 aliphatic carbocycles.